The van der Waals surface area contributed by atoms with E-state index in [1.165, 1.54) is 12.1 Å². The van der Waals surface area contributed by atoms with Gasteiger partial charge in [-0.15, -0.1) is 0 Å². The van der Waals surface area contributed by atoms with E-state index in [-0.39, 0.29) is 5.91 Å². The Morgan fingerprint density at radius 1 is 1.08 bits per heavy atom. The van der Waals surface area contributed by atoms with Gasteiger partial charge in [0.05, 0.1) is 17.6 Å². The third kappa shape index (κ3) is 4.66. The number of carbonyl (C=O) groups is 1. The summed E-state index contributed by atoms with van der Waals surface area (Å²) in [5.74, 6) is 6.99. The number of amides is 1. The third-order valence-corrected chi connectivity index (χ3v) is 6.62. The van der Waals surface area contributed by atoms with Crippen LogP contribution in [0.15, 0.2) is 79.0 Å². The van der Waals surface area contributed by atoms with E-state index in [0.717, 1.165) is 22.2 Å². The molecule has 39 heavy (non-hydrogen) atoms. The van der Waals surface area contributed by atoms with Crippen molar-refractivity contribution in [2.75, 3.05) is 12.3 Å². The lowest BCUT2D eigenvalue weighted by Gasteiger charge is -2.28. The number of hydrogen-bond donors (Lipinski definition) is 2. The van der Waals surface area contributed by atoms with Crippen LogP contribution >= 0.6 is 0 Å². The van der Waals surface area contributed by atoms with E-state index in [1.807, 2.05) is 43.3 Å². The molecule has 1 atom stereocenters. The number of nitrogens with zero attached hydrogens (tertiary/aromatic N) is 3. The summed E-state index contributed by atoms with van der Waals surface area (Å²) in [6.07, 6.45) is 1.61. The highest BCUT2D eigenvalue weighted by Gasteiger charge is 2.37. The number of anilines is 1. The second-order valence-electron chi connectivity index (χ2n) is 9.18. The fraction of sp³-hybridized carbons (Fsp3) is 0.129. The predicted octanol–water partition coefficient (Wildman–Crippen LogP) is 5.22. The zero-order valence-electron chi connectivity index (χ0n) is 21.1. The summed E-state index contributed by atoms with van der Waals surface area (Å²) in [5.41, 5.74) is 10.6. The molecule has 0 aliphatic carbocycles. The number of pyridine rings is 1. The summed E-state index contributed by atoms with van der Waals surface area (Å²) in [4.78, 5) is 27.8. The molecule has 1 unspecified atom stereocenters. The Morgan fingerprint density at radius 3 is 2.69 bits per heavy atom. The SMILES string of the molecule is CCOc1ccc(F)cc1C(c1nc2ccccc2[nH]1)N1Cc2ccc(C#Cc3ccc(N)nc3)cc2C1=O. The molecule has 5 aromatic rings. The average Bonchev–Trinajstić information content (AvgIpc) is 3.51. The Morgan fingerprint density at radius 2 is 1.90 bits per heavy atom. The van der Waals surface area contributed by atoms with Crippen molar-refractivity contribution in [3.8, 4) is 17.6 Å². The van der Waals surface area contributed by atoms with Crippen LogP contribution in [-0.4, -0.2) is 32.4 Å². The number of nitrogen functional groups attached to an aromatic ring is 1. The molecule has 0 saturated heterocycles. The van der Waals surface area contributed by atoms with Gasteiger partial charge in [-0.25, -0.2) is 14.4 Å². The van der Waals surface area contributed by atoms with Gasteiger partial charge < -0.3 is 20.4 Å². The number of ether oxygens (including phenoxy) is 1. The van der Waals surface area contributed by atoms with Crippen molar-refractivity contribution in [3.63, 3.8) is 0 Å². The van der Waals surface area contributed by atoms with Crippen LogP contribution in [0.2, 0.25) is 0 Å². The minimum Gasteiger partial charge on any atom is -0.493 e. The minimum atomic E-state index is -0.704. The Kier molecular flexibility index (Phi) is 6.17. The van der Waals surface area contributed by atoms with Crippen LogP contribution in [0.3, 0.4) is 0 Å². The summed E-state index contributed by atoms with van der Waals surface area (Å²) in [6, 6.07) is 20.3. The fourth-order valence-electron chi connectivity index (χ4n) is 4.82. The number of halogens is 1. The lowest BCUT2D eigenvalue weighted by Crippen LogP contribution is -2.31. The molecule has 3 N–H and O–H groups in total. The largest absolute Gasteiger partial charge is 0.493 e. The van der Waals surface area contributed by atoms with Crippen molar-refractivity contribution in [3.05, 3.63) is 118 Å². The molecular formula is C31H24FN5O2. The Bertz CT molecular complexity index is 1730. The van der Waals surface area contributed by atoms with Crippen LogP contribution in [0.4, 0.5) is 10.2 Å². The van der Waals surface area contributed by atoms with Crippen LogP contribution in [0.1, 0.15) is 51.4 Å². The summed E-state index contributed by atoms with van der Waals surface area (Å²) >= 11 is 0. The average molecular weight is 518 g/mol. The van der Waals surface area contributed by atoms with Crippen LogP contribution in [-0.2, 0) is 6.54 Å². The number of aromatic nitrogens is 3. The van der Waals surface area contributed by atoms with E-state index in [0.29, 0.717) is 47.2 Å². The quantitative estimate of drug-likeness (QED) is 0.312. The Hall–Kier alpha value is -5.16. The lowest BCUT2D eigenvalue weighted by molar-refractivity contribution is 0.0723. The van der Waals surface area contributed by atoms with Gasteiger partial charge in [0.2, 0.25) is 0 Å². The number of imidazole rings is 1. The number of hydrogen-bond acceptors (Lipinski definition) is 5. The van der Waals surface area contributed by atoms with Crippen LogP contribution < -0.4 is 10.5 Å². The molecule has 2 aromatic heterocycles. The molecule has 0 fully saturated rings. The first-order valence-corrected chi connectivity index (χ1v) is 12.5. The van der Waals surface area contributed by atoms with E-state index in [2.05, 4.69) is 21.8 Å². The van der Waals surface area contributed by atoms with Gasteiger partial charge in [0, 0.05) is 35.0 Å². The highest BCUT2D eigenvalue weighted by Crippen LogP contribution is 2.39. The zero-order chi connectivity index (χ0) is 26.9. The van der Waals surface area contributed by atoms with E-state index in [9.17, 15) is 9.18 Å². The molecule has 1 aliphatic rings. The fourth-order valence-corrected chi connectivity index (χ4v) is 4.82. The zero-order valence-corrected chi connectivity index (χ0v) is 21.1. The van der Waals surface area contributed by atoms with Gasteiger partial charge in [-0.1, -0.05) is 30.0 Å². The number of carbonyl (C=O) groups excluding carboxylic acids is 1. The third-order valence-electron chi connectivity index (χ3n) is 6.62. The molecule has 7 nitrogen and oxygen atoms in total. The van der Waals surface area contributed by atoms with Crippen LogP contribution in [0.5, 0.6) is 5.75 Å². The molecule has 1 aliphatic heterocycles. The first kappa shape index (κ1) is 24.2. The van der Waals surface area contributed by atoms with Gasteiger partial charge in [-0.3, -0.25) is 4.79 Å². The maximum Gasteiger partial charge on any atom is 0.255 e. The van der Waals surface area contributed by atoms with E-state index in [4.69, 9.17) is 15.5 Å². The van der Waals surface area contributed by atoms with Gasteiger partial charge in [-0.2, -0.15) is 0 Å². The first-order chi connectivity index (χ1) is 19.0. The van der Waals surface area contributed by atoms with Gasteiger partial charge in [0.25, 0.3) is 5.91 Å². The number of H-pyrrole nitrogens is 1. The number of nitrogens with one attached hydrogen (secondary N) is 1. The highest BCUT2D eigenvalue weighted by molar-refractivity contribution is 5.99. The topological polar surface area (TPSA) is 97.1 Å². The van der Waals surface area contributed by atoms with Crippen molar-refractivity contribution >= 4 is 22.8 Å². The van der Waals surface area contributed by atoms with Gasteiger partial charge in [0.15, 0.2) is 0 Å². The number of aromatic amines is 1. The maximum atomic E-state index is 14.6. The highest BCUT2D eigenvalue weighted by atomic mass is 19.1. The summed E-state index contributed by atoms with van der Waals surface area (Å²) in [7, 11) is 0. The predicted molar refractivity (Wildman–Crippen MR) is 146 cm³/mol. The van der Waals surface area contributed by atoms with Crippen LogP contribution in [0.25, 0.3) is 11.0 Å². The van der Waals surface area contributed by atoms with E-state index >= 15 is 0 Å². The standard InChI is InChI=1S/C31H24FN5O2/c1-2-39-27-13-12-22(32)16-24(27)29(30-35-25-5-3-4-6-26(25)36-30)37-18-21-11-9-19(15-23(21)31(37)38)7-8-20-10-14-28(33)34-17-20/h3-6,9-17,29H,2,18H2,1H3,(H2,33,34)(H,35,36). The number of fused-ring (bicyclic) bond motifs is 2. The molecule has 0 bridgehead atoms. The molecule has 192 valence electrons. The second kappa shape index (κ2) is 9.95. The molecule has 8 heteroatoms. The van der Waals surface area contributed by atoms with Crippen molar-refractivity contribution in [1.82, 2.24) is 19.9 Å². The number of rotatable bonds is 5. The van der Waals surface area contributed by atoms with Gasteiger partial charge >= 0.3 is 0 Å². The molecule has 0 spiro atoms. The Balaban J connectivity index is 1.41. The summed E-state index contributed by atoms with van der Waals surface area (Å²) in [5, 5.41) is 0. The van der Waals surface area contributed by atoms with Crippen molar-refractivity contribution in [2.24, 2.45) is 0 Å². The molecule has 3 aromatic carbocycles. The maximum absolute atomic E-state index is 14.6. The normalized spacial score (nSPS) is 13.2. The smallest absolute Gasteiger partial charge is 0.255 e. The molecule has 1 amide bonds. The van der Waals surface area contributed by atoms with Crippen LogP contribution in [0, 0.1) is 17.7 Å². The lowest BCUT2D eigenvalue weighted by atomic mass is 10.0. The summed E-state index contributed by atoms with van der Waals surface area (Å²) < 4.78 is 20.5. The summed E-state index contributed by atoms with van der Waals surface area (Å²) in [6.45, 7) is 2.59. The van der Waals surface area contributed by atoms with E-state index in [1.54, 1.807) is 35.4 Å². The molecular weight excluding hydrogens is 493 g/mol. The molecule has 0 radical (unpaired) electrons. The molecule has 6 rings (SSSR count). The number of para-hydroxylation sites is 2. The van der Waals surface area contributed by atoms with Crippen molar-refractivity contribution < 1.29 is 13.9 Å². The van der Waals surface area contributed by atoms with Gasteiger partial charge in [-0.05, 0) is 67.1 Å². The first-order valence-electron chi connectivity index (χ1n) is 12.5. The van der Waals surface area contributed by atoms with Crippen molar-refractivity contribution in [2.45, 2.75) is 19.5 Å². The Labute approximate surface area is 224 Å². The second-order valence-corrected chi connectivity index (χ2v) is 9.18. The molecule has 3 heterocycles. The number of benzene rings is 3. The monoisotopic (exact) mass is 517 g/mol. The minimum absolute atomic E-state index is 0.194. The van der Waals surface area contributed by atoms with E-state index < -0.39 is 11.9 Å². The van der Waals surface area contributed by atoms with Gasteiger partial charge in [0.1, 0.15) is 29.3 Å². The molecule has 0 saturated carbocycles. The van der Waals surface area contributed by atoms with Crippen molar-refractivity contribution in [1.29, 1.82) is 0 Å². The number of nitrogens with two attached hydrogens (primary N) is 1.